The summed E-state index contributed by atoms with van der Waals surface area (Å²) in [5.41, 5.74) is 0.372. The van der Waals surface area contributed by atoms with E-state index in [2.05, 4.69) is 26.0 Å². The summed E-state index contributed by atoms with van der Waals surface area (Å²) in [5.74, 6) is 0.354. The number of hydrogen-bond acceptors (Lipinski definition) is 4. The number of halogens is 1. The van der Waals surface area contributed by atoms with Crippen molar-refractivity contribution in [1.29, 1.82) is 0 Å². The minimum atomic E-state index is -3.62. The van der Waals surface area contributed by atoms with Crippen LogP contribution in [0, 0.1) is 0 Å². The van der Waals surface area contributed by atoms with Crippen molar-refractivity contribution in [3.63, 3.8) is 0 Å². The van der Waals surface area contributed by atoms with Crippen LogP contribution in [0.2, 0.25) is 0 Å². The van der Waals surface area contributed by atoms with Gasteiger partial charge in [0.05, 0.1) is 15.5 Å². The fraction of sp³-hybridized carbons (Fsp3) is 0.350. The van der Waals surface area contributed by atoms with Gasteiger partial charge in [-0.1, -0.05) is 0 Å². The predicted octanol–water partition coefficient (Wildman–Crippen LogP) is 4.57. The van der Waals surface area contributed by atoms with E-state index in [0.29, 0.717) is 21.5 Å². The van der Waals surface area contributed by atoms with Gasteiger partial charge in [0.2, 0.25) is 10.0 Å². The molecule has 0 saturated heterocycles. The van der Waals surface area contributed by atoms with Crippen LogP contribution in [-0.4, -0.2) is 26.0 Å². The van der Waals surface area contributed by atoms with E-state index in [0.717, 1.165) is 0 Å². The quantitative estimate of drug-likeness (QED) is 0.650. The SMILES string of the molecule is CC(C)Oc1ccc(C(=O)Nc2ccc(S(=O)(=O)NC(C)(C)C)cc2)cc1Br. The molecule has 0 atom stereocenters. The zero-order valence-electron chi connectivity index (χ0n) is 16.5. The number of hydrogen-bond donors (Lipinski definition) is 2. The second-order valence-corrected chi connectivity index (χ2v) is 10.2. The van der Waals surface area contributed by atoms with Gasteiger partial charge < -0.3 is 10.1 Å². The molecular weight excluding hydrogens is 444 g/mol. The first kappa shape index (κ1) is 22.4. The molecular formula is C20H25BrN2O4S. The van der Waals surface area contributed by atoms with Crippen molar-refractivity contribution in [2.75, 3.05) is 5.32 Å². The van der Waals surface area contributed by atoms with Gasteiger partial charge in [0.15, 0.2) is 0 Å². The van der Waals surface area contributed by atoms with Crippen LogP contribution in [0.25, 0.3) is 0 Å². The summed E-state index contributed by atoms with van der Waals surface area (Å²) < 4.78 is 33.6. The molecule has 152 valence electrons. The average molecular weight is 469 g/mol. The zero-order chi connectivity index (χ0) is 21.1. The normalized spacial score (nSPS) is 12.1. The van der Waals surface area contributed by atoms with Crippen molar-refractivity contribution < 1.29 is 17.9 Å². The molecule has 0 fully saturated rings. The van der Waals surface area contributed by atoms with Gasteiger partial charge in [-0.15, -0.1) is 0 Å². The highest BCUT2D eigenvalue weighted by Gasteiger charge is 2.21. The minimum Gasteiger partial charge on any atom is -0.490 e. The molecule has 0 heterocycles. The molecule has 0 unspecified atom stereocenters. The van der Waals surface area contributed by atoms with Gasteiger partial charge >= 0.3 is 0 Å². The minimum absolute atomic E-state index is 0.0264. The maximum absolute atomic E-state index is 12.5. The number of nitrogens with one attached hydrogen (secondary N) is 2. The Kier molecular flexibility index (Phi) is 6.90. The number of carbonyl (C=O) groups is 1. The van der Waals surface area contributed by atoms with Gasteiger partial charge in [-0.05, 0) is 93.0 Å². The Morgan fingerprint density at radius 3 is 2.18 bits per heavy atom. The van der Waals surface area contributed by atoms with Crippen molar-refractivity contribution in [2.45, 2.75) is 51.2 Å². The topological polar surface area (TPSA) is 84.5 Å². The van der Waals surface area contributed by atoms with E-state index in [1.807, 2.05) is 13.8 Å². The van der Waals surface area contributed by atoms with Crippen LogP contribution in [0.1, 0.15) is 45.0 Å². The number of carbonyl (C=O) groups excluding carboxylic acids is 1. The maximum atomic E-state index is 12.5. The lowest BCUT2D eigenvalue weighted by Crippen LogP contribution is -2.40. The molecule has 1 amide bonds. The van der Waals surface area contributed by atoms with Gasteiger partial charge in [-0.2, -0.15) is 0 Å². The van der Waals surface area contributed by atoms with Gasteiger partial charge in [0.25, 0.3) is 5.91 Å². The van der Waals surface area contributed by atoms with E-state index in [-0.39, 0.29) is 16.9 Å². The third-order valence-corrected chi connectivity index (χ3v) is 5.81. The Morgan fingerprint density at radius 2 is 1.68 bits per heavy atom. The first-order chi connectivity index (χ1) is 12.9. The highest BCUT2D eigenvalue weighted by atomic mass is 79.9. The third kappa shape index (κ3) is 6.32. The second-order valence-electron chi connectivity index (χ2n) is 7.65. The molecule has 2 aromatic carbocycles. The highest BCUT2D eigenvalue weighted by molar-refractivity contribution is 9.10. The first-order valence-corrected chi connectivity index (χ1v) is 11.1. The molecule has 8 heteroatoms. The van der Waals surface area contributed by atoms with Crippen molar-refractivity contribution in [1.82, 2.24) is 4.72 Å². The Hall–Kier alpha value is -1.90. The van der Waals surface area contributed by atoms with Crippen molar-refractivity contribution in [2.24, 2.45) is 0 Å². The summed E-state index contributed by atoms with van der Waals surface area (Å²) in [7, 11) is -3.62. The Bertz CT molecular complexity index is 949. The molecule has 2 N–H and O–H groups in total. The molecule has 0 aromatic heterocycles. The Labute approximate surface area is 174 Å². The lowest BCUT2D eigenvalue weighted by Gasteiger charge is -2.20. The molecule has 28 heavy (non-hydrogen) atoms. The molecule has 0 aliphatic carbocycles. The number of amides is 1. The summed E-state index contributed by atoms with van der Waals surface area (Å²) >= 11 is 3.41. The van der Waals surface area contributed by atoms with E-state index < -0.39 is 15.6 Å². The Balaban J connectivity index is 2.12. The molecule has 0 saturated carbocycles. The second kappa shape index (κ2) is 8.63. The van der Waals surface area contributed by atoms with Crippen LogP contribution in [-0.2, 0) is 10.0 Å². The maximum Gasteiger partial charge on any atom is 0.255 e. The lowest BCUT2D eigenvalue weighted by atomic mass is 10.1. The smallest absolute Gasteiger partial charge is 0.255 e. The molecule has 2 aromatic rings. The van der Waals surface area contributed by atoms with Crippen LogP contribution in [0.4, 0.5) is 5.69 Å². The number of rotatable bonds is 6. The first-order valence-electron chi connectivity index (χ1n) is 8.79. The molecule has 6 nitrogen and oxygen atoms in total. The Morgan fingerprint density at radius 1 is 1.07 bits per heavy atom. The standard InChI is InChI=1S/C20H25BrN2O4S/c1-13(2)27-18-11-6-14(12-17(18)21)19(24)22-15-7-9-16(10-8-15)28(25,26)23-20(3,4)5/h6-13,23H,1-5H3,(H,22,24). The summed E-state index contributed by atoms with van der Waals surface area (Å²) in [6.45, 7) is 9.17. The summed E-state index contributed by atoms with van der Waals surface area (Å²) in [6, 6.07) is 11.1. The van der Waals surface area contributed by atoms with Crippen LogP contribution in [0.3, 0.4) is 0 Å². The van der Waals surface area contributed by atoms with Gasteiger partial charge in [-0.3, -0.25) is 4.79 Å². The van der Waals surface area contributed by atoms with Gasteiger partial charge in [0, 0.05) is 16.8 Å². The predicted molar refractivity (Wildman–Crippen MR) is 114 cm³/mol. The molecule has 0 aliphatic rings. The summed E-state index contributed by atoms with van der Waals surface area (Å²) in [4.78, 5) is 12.6. The molecule has 2 rings (SSSR count). The number of ether oxygens (including phenoxy) is 1. The lowest BCUT2D eigenvalue weighted by molar-refractivity contribution is 0.102. The number of anilines is 1. The van der Waals surface area contributed by atoms with E-state index in [9.17, 15) is 13.2 Å². The molecule has 0 bridgehead atoms. The average Bonchev–Trinajstić information content (AvgIpc) is 2.54. The zero-order valence-corrected chi connectivity index (χ0v) is 18.9. The number of benzene rings is 2. The monoisotopic (exact) mass is 468 g/mol. The summed E-state index contributed by atoms with van der Waals surface area (Å²) in [5, 5.41) is 2.76. The third-order valence-electron chi connectivity index (χ3n) is 3.42. The van der Waals surface area contributed by atoms with Gasteiger partial charge in [0.1, 0.15) is 5.75 Å². The van der Waals surface area contributed by atoms with E-state index in [4.69, 9.17) is 4.74 Å². The van der Waals surface area contributed by atoms with Crippen LogP contribution in [0.15, 0.2) is 51.8 Å². The molecule has 0 aliphatic heterocycles. The van der Waals surface area contributed by atoms with Crippen LogP contribution >= 0.6 is 15.9 Å². The number of sulfonamides is 1. The summed E-state index contributed by atoms with van der Waals surface area (Å²) in [6.07, 6.45) is 0.0264. The van der Waals surface area contributed by atoms with Crippen LogP contribution in [0.5, 0.6) is 5.75 Å². The molecule has 0 spiro atoms. The van der Waals surface area contributed by atoms with Crippen molar-refractivity contribution in [3.8, 4) is 5.75 Å². The largest absolute Gasteiger partial charge is 0.490 e. The van der Waals surface area contributed by atoms with E-state index >= 15 is 0 Å². The van der Waals surface area contributed by atoms with E-state index in [1.165, 1.54) is 12.1 Å². The van der Waals surface area contributed by atoms with Crippen molar-refractivity contribution in [3.05, 3.63) is 52.5 Å². The van der Waals surface area contributed by atoms with Crippen LogP contribution < -0.4 is 14.8 Å². The van der Waals surface area contributed by atoms with E-state index in [1.54, 1.807) is 51.1 Å². The highest BCUT2D eigenvalue weighted by Crippen LogP contribution is 2.27. The molecule has 0 radical (unpaired) electrons. The fourth-order valence-electron chi connectivity index (χ4n) is 2.37. The fourth-order valence-corrected chi connectivity index (χ4v) is 4.26. The van der Waals surface area contributed by atoms with Crippen molar-refractivity contribution >= 4 is 37.5 Å². The van der Waals surface area contributed by atoms with Gasteiger partial charge in [-0.25, -0.2) is 13.1 Å².